The fourth-order valence-electron chi connectivity index (χ4n) is 2.20. The van der Waals surface area contributed by atoms with Crippen molar-refractivity contribution in [3.05, 3.63) is 22.7 Å². The Labute approximate surface area is 118 Å². The lowest BCUT2D eigenvalue weighted by Crippen LogP contribution is -2.58. The highest BCUT2D eigenvalue weighted by Gasteiger charge is 2.55. The lowest BCUT2D eigenvalue weighted by atomic mass is 10.0. The predicted octanol–water partition coefficient (Wildman–Crippen LogP) is -3.10. The number of aromatic nitrogens is 2. The van der Waals surface area contributed by atoms with Gasteiger partial charge >= 0.3 is 5.69 Å². The van der Waals surface area contributed by atoms with E-state index >= 15 is 0 Å². The molecule has 116 valence electrons. The smallest absolute Gasteiger partial charge is 0.351 e. The lowest BCUT2D eigenvalue weighted by Gasteiger charge is -2.30. The Bertz CT molecular complexity index is 605. The summed E-state index contributed by atoms with van der Waals surface area (Å²) in [5, 5.41) is 31.7. The molecule has 0 aliphatic carbocycles. The van der Waals surface area contributed by atoms with E-state index in [0.29, 0.717) is 0 Å². The molecular formula is C11H16N4O6. The summed E-state index contributed by atoms with van der Waals surface area (Å²) in [5.74, 6) is -0.599. The molecule has 1 fully saturated rings. The van der Waals surface area contributed by atoms with Gasteiger partial charge in [-0.1, -0.05) is 0 Å². The van der Waals surface area contributed by atoms with E-state index in [0.717, 1.165) is 11.5 Å². The summed E-state index contributed by atoms with van der Waals surface area (Å²) in [4.78, 5) is 26.4. The van der Waals surface area contributed by atoms with Crippen LogP contribution in [0.3, 0.4) is 0 Å². The number of carbonyl (C=O) groups is 1. The Balaban J connectivity index is 2.39. The zero-order valence-corrected chi connectivity index (χ0v) is 11.1. The van der Waals surface area contributed by atoms with Gasteiger partial charge in [0.1, 0.15) is 18.0 Å². The van der Waals surface area contributed by atoms with Gasteiger partial charge in [0.05, 0.1) is 6.61 Å². The predicted molar refractivity (Wildman–Crippen MR) is 68.7 cm³/mol. The minimum atomic E-state index is -1.91. The number of nitrogen functional groups attached to an aromatic ring is 1. The van der Waals surface area contributed by atoms with Crippen LogP contribution in [0, 0.1) is 0 Å². The SMILES string of the molecule is CC(=O)N[C@]1(CO)O[C@@H](n2ccc(N)nc2=O)[C@H](O)[C@@H]1O. The van der Waals surface area contributed by atoms with Gasteiger partial charge in [-0.05, 0) is 6.07 Å². The average molecular weight is 300 g/mol. The molecule has 1 aromatic rings. The maximum Gasteiger partial charge on any atom is 0.351 e. The summed E-state index contributed by atoms with van der Waals surface area (Å²) in [6, 6.07) is 1.31. The molecule has 1 aliphatic rings. The van der Waals surface area contributed by atoms with E-state index < -0.39 is 42.4 Å². The summed E-state index contributed by atoms with van der Waals surface area (Å²) in [7, 11) is 0. The standard InChI is InChI=1S/C11H16N4O6/c1-5(17)14-11(4-16)8(19)7(18)9(21-11)15-3-2-6(12)13-10(15)20/h2-3,7-9,16,18-19H,4H2,1H3,(H,14,17)(H2,12,13,20)/t7-,8+,9-,11-/m1/s1. The molecule has 1 aliphatic heterocycles. The molecule has 10 nitrogen and oxygen atoms in total. The zero-order chi connectivity index (χ0) is 15.8. The van der Waals surface area contributed by atoms with Gasteiger partial charge in [0, 0.05) is 13.1 Å². The minimum Gasteiger partial charge on any atom is -0.391 e. The van der Waals surface area contributed by atoms with E-state index in [9.17, 15) is 24.9 Å². The van der Waals surface area contributed by atoms with Crippen molar-refractivity contribution >= 4 is 11.7 Å². The third kappa shape index (κ3) is 2.61. The van der Waals surface area contributed by atoms with Gasteiger partial charge in [-0.3, -0.25) is 9.36 Å². The normalized spacial score (nSPS) is 32.1. The largest absolute Gasteiger partial charge is 0.391 e. The third-order valence-corrected chi connectivity index (χ3v) is 3.17. The van der Waals surface area contributed by atoms with Crippen molar-refractivity contribution in [1.82, 2.24) is 14.9 Å². The van der Waals surface area contributed by atoms with Crippen molar-refractivity contribution in [3.8, 4) is 0 Å². The van der Waals surface area contributed by atoms with E-state index in [2.05, 4.69) is 10.3 Å². The van der Waals surface area contributed by atoms with Crippen LogP contribution in [0.2, 0.25) is 0 Å². The van der Waals surface area contributed by atoms with Crippen LogP contribution in [0.25, 0.3) is 0 Å². The van der Waals surface area contributed by atoms with Crippen molar-refractivity contribution in [2.45, 2.75) is 31.1 Å². The van der Waals surface area contributed by atoms with Gasteiger partial charge in [0.2, 0.25) is 5.91 Å². The topological polar surface area (TPSA) is 160 Å². The molecule has 0 radical (unpaired) electrons. The van der Waals surface area contributed by atoms with Crippen LogP contribution >= 0.6 is 0 Å². The Morgan fingerprint density at radius 1 is 1.62 bits per heavy atom. The summed E-state index contributed by atoms with van der Waals surface area (Å²) < 4.78 is 6.25. The van der Waals surface area contributed by atoms with E-state index in [1.165, 1.54) is 12.3 Å². The Kier molecular flexibility index (Phi) is 3.96. The second-order valence-corrected chi connectivity index (χ2v) is 4.71. The second-order valence-electron chi connectivity index (χ2n) is 4.71. The fourth-order valence-corrected chi connectivity index (χ4v) is 2.20. The van der Waals surface area contributed by atoms with Gasteiger partial charge < -0.3 is 31.1 Å². The number of nitrogens with two attached hydrogens (primary N) is 1. The molecule has 2 rings (SSSR count). The summed E-state index contributed by atoms with van der Waals surface area (Å²) in [6.07, 6.45) is -3.31. The Hall–Kier alpha value is -2.01. The maximum absolute atomic E-state index is 11.8. The average Bonchev–Trinajstić information content (AvgIpc) is 2.64. The molecule has 1 saturated heterocycles. The maximum atomic E-state index is 11.8. The van der Waals surface area contributed by atoms with Crippen molar-refractivity contribution < 1.29 is 24.9 Å². The number of hydrogen-bond acceptors (Lipinski definition) is 8. The molecule has 1 amide bonds. The first kappa shape index (κ1) is 15.4. The molecule has 0 bridgehead atoms. The molecule has 0 unspecified atom stereocenters. The van der Waals surface area contributed by atoms with Crippen LogP contribution in [-0.2, 0) is 9.53 Å². The first-order valence-corrected chi connectivity index (χ1v) is 6.09. The summed E-state index contributed by atoms with van der Waals surface area (Å²) in [6.45, 7) is 0.364. The van der Waals surface area contributed by atoms with Crippen molar-refractivity contribution in [2.75, 3.05) is 12.3 Å². The van der Waals surface area contributed by atoms with Gasteiger partial charge in [-0.2, -0.15) is 4.98 Å². The van der Waals surface area contributed by atoms with Gasteiger partial charge in [-0.25, -0.2) is 4.79 Å². The van der Waals surface area contributed by atoms with Crippen molar-refractivity contribution in [2.24, 2.45) is 0 Å². The molecule has 21 heavy (non-hydrogen) atoms. The molecule has 1 aromatic heterocycles. The molecular weight excluding hydrogens is 284 g/mol. The number of ether oxygens (including phenoxy) is 1. The van der Waals surface area contributed by atoms with Crippen molar-refractivity contribution in [1.29, 1.82) is 0 Å². The van der Waals surface area contributed by atoms with Crippen LogP contribution in [0.4, 0.5) is 5.82 Å². The first-order valence-electron chi connectivity index (χ1n) is 6.09. The molecule has 4 atom stereocenters. The van der Waals surface area contributed by atoms with Crippen LogP contribution in [0.1, 0.15) is 13.2 Å². The number of nitrogens with one attached hydrogen (secondary N) is 1. The van der Waals surface area contributed by atoms with Gasteiger partial charge in [0.25, 0.3) is 0 Å². The van der Waals surface area contributed by atoms with Crippen LogP contribution < -0.4 is 16.7 Å². The quantitative estimate of drug-likeness (QED) is 0.392. The monoisotopic (exact) mass is 300 g/mol. The van der Waals surface area contributed by atoms with E-state index in [4.69, 9.17) is 10.5 Å². The van der Waals surface area contributed by atoms with Crippen LogP contribution in [-0.4, -0.2) is 55.3 Å². The molecule has 2 heterocycles. The number of amides is 1. The number of nitrogens with zero attached hydrogens (tertiary/aromatic N) is 2. The lowest BCUT2D eigenvalue weighted by molar-refractivity contribution is -0.160. The van der Waals surface area contributed by atoms with Gasteiger partial charge in [-0.15, -0.1) is 0 Å². The molecule has 0 saturated carbocycles. The van der Waals surface area contributed by atoms with Crippen LogP contribution in [0.5, 0.6) is 0 Å². The second kappa shape index (κ2) is 5.41. The van der Waals surface area contributed by atoms with Crippen molar-refractivity contribution in [3.63, 3.8) is 0 Å². The number of rotatable bonds is 3. The molecule has 0 spiro atoms. The van der Waals surface area contributed by atoms with Crippen LogP contribution in [0.15, 0.2) is 17.1 Å². The zero-order valence-electron chi connectivity index (χ0n) is 11.1. The highest BCUT2D eigenvalue weighted by atomic mass is 16.6. The minimum absolute atomic E-state index is 0.0143. The highest BCUT2D eigenvalue weighted by Crippen LogP contribution is 2.34. The molecule has 10 heteroatoms. The number of carbonyl (C=O) groups excluding carboxylic acids is 1. The fraction of sp³-hybridized carbons (Fsp3) is 0.545. The Morgan fingerprint density at radius 2 is 2.29 bits per heavy atom. The summed E-state index contributed by atoms with van der Waals surface area (Å²) >= 11 is 0. The number of anilines is 1. The van der Waals surface area contributed by atoms with E-state index in [1.54, 1.807) is 0 Å². The van der Waals surface area contributed by atoms with E-state index in [-0.39, 0.29) is 5.82 Å². The number of hydrogen-bond donors (Lipinski definition) is 5. The van der Waals surface area contributed by atoms with E-state index in [1.807, 2.05) is 0 Å². The number of aliphatic hydroxyl groups is 3. The first-order chi connectivity index (χ1) is 9.80. The third-order valence-electron chi connectivity index (χ3n) is 3.17. The highest BCUT2D eigenvalue weighted by molar-refractivity contribution is 5.73. The summed E-state index contributed by atoms with van der Waals surface area (Å²) in [5.41, 5.74) is 2.65. The molecule has 6 N–H and O–H groups in total. The van der Waals surface area contributed by atoms with Gasteiger partial charge in [0.15, 0.2) is 12.0 Å². The Morgan fingerprint density at radius 3 is 2.81 bits per heavy atom. The molecule has 0 aromatic carbocycles. The number of aliphatic hydroxyl groups excluding tert-OH is 3.